The van der Waals surface area contributed by atoms with E-state index < -0.39 is 79.3 Å². The van der Waals surface area contributed by atoms with Crippen LogP contribution >= 0.6 is 0 Å². The number of ether oxygens (including phenoxy) is 11. The number of benzene rings is 5. The topological polar surface area (TPSA) is 150 Å². The van der Waals surface area contributed by atoms with E-state index in [9.17, 15) is 5.53 Å². The molecule has 3 saturated carbocycles. The summed E-state index contributed by atoms with van der Waals surface area (Å²) in [6.45, 7) is 8.12. The molecular weight excluding hydrogens is 915 g/mol. The molecule has 3 aliphatic heterocycles. The minimum Gasteiger partial charge on any atom is -0.497 e. The Bertz CT molecular complexity index is 2610. The van der Waals surface area contributed by atoms with Crippen molar-refractivity contribution in [3.8, 4) is 5.75 Å². The van der Waals surface area contributed by atoms with Gasteiger partial charge in [0.05, 0.1) is 40.1 Å². The summed E-state index contributed by atoms with van der Waals surface area (Å²) in [5.41, 5.74) is 14.7. The summed E-state index contributed by atoms with van der Waals surface area (Å²) < 4.78 is 76.6. The number of fused-ring (bicyclic) bond motifs is 5. The van der Waals surface area contributed by atoms with Crippen molar-refractivity contribution in [3.63, 3.8) is 0 Å². The molecular formula is C58H65N3O11. The Balaban J connectivity index is 0.997. The Morgan fingerprint density at radius 1 is 0.597 bits per heavy atom. The van der Waals surface area contributed by atoms with Gasteiger partial charge in [-0.3, -0.25) is 0 Å². The maximum atomic E-state index is 10.4. The van der Waals surface area contributed by atoms with Crippen LogP contribution in [0.25, 0.3) is 10.4 Å². The first kappa shape index (κ1) is 49.0. The molecule has 0 amide bonds. The largest absolute Gasteiger partial charge is 0.497 e. The zero-order valence-electron chi connectivity index (χ0n) is 41.4. The predicted molar refractivity (Wildman–Crippen MR) is 265 cm³/mol. The second kappa shape index (κ2) is 21.0. The molecule has 6 fully saturated rings. The van der Waals surface area contributed by atoms with Crippen molar-refractivity contribution in [2.45, 2.75) is 146 Å². The van der Waals surface area contributed by atoms with Gasteiger partial charge in [0, 0.05) is 22.3 Å². The van der Waals surface area contributed by atoms with Crippen LogP contribution in [0.5, 0.6) is 5.75 Å². The van der Waals surface area contributed by atoms with E-state index in [1.54, 1.807) is 7.11 Å². The molecule has 0 aromatic heterocycles. The molecule has 3 aliphatic carbocycles. The quantitative estimate of drug-likeness (QED) is 0.0498. The molecule has 3 saturated heterocycles. The van der Waals surface area contributed by atoms with Gasteiger partial charge in [0.15, 0.2) is 18.4 Å². The summed E-state index contributed by atoms with van der Waals surface area (Å²) >= 11 is 0. The first-order valence-electron chi connectivity index (χ1n) is 25.4. The van der Waals surface area contributed by atoms with E-state index in [0.717, 1.165) is 52.8 Å². The van der Waals surface area contributed by atoms with Crippen molar-refractivity contribution < 1.29 is 52.1 Å². The van der Waals surface area contributed by atoms with Gasteiger partial charge in [-0.15, -0.1) is 0 Å². The first-order chi connectivity index (χ1) is 35.2. The molecule has 0 N–H and O–H groups in total. The van der Waals surface area contributed by atoms with Crippen LogP contribution in [0.15, 0.2) is 151 Å². The lowest BCUT2D eigenvalue weighted by atomic mass is 9.68. The highest BCUT2D eigenvalue weighted by Gasteiger charge is 2.76. The molecule has 6 aliphatic rings. The highest BCUT2D eigenvalue weighted by atomic mass is 16.8. The van der Waals surface area contributed by atoms with Crippen LogP contribution in [-0.4, -0.2) is 86.8 Å². The maximum Gasteiger partial charge on any atom is 0.184 e. The Labute approximate surface area is 421 Å². The van der Waals surface area contributed by atoms with Gasteiger partial charge in [-0.05, 0) is 64.1 Å². The van der Waals surface area contributed by atoms with Crippen LogP contribution in [0.2, 0.25) is 0 Å². The average Bonchev–Trinajstić information content (AvgIpc) is 3.96. The van der Waals surface area contributed by atoms with Crippen LogP contribution in [0.3, 0.4) is 0 Å². The van der Waals surface area contributed by atoms with Crippen LogP contribution < -0.4 is 4.74 Å². The molecule has 11 rings (SSSR count). The first-order valence-corrected chi connectivity index (χ1v) is 25.4. The fraction of sp³-hybridized carbons (Fsp3) is 0.483. The number of hydrogen-bond acceptors (Lipinski definition) is 12. The monoisotopic (exact) mass is 979 g/mol. The highest BCUT2D eigenvalue weighted by Crippen LogP contribution is 2.73. The summed E-state index contributed by atoms with van der Waals surface area (Å²) in [6, 6.07) is 46.6. The van der Waals surface area contributed by atoms with Crippen molar-refractivity contribution >= 4 is 0 Å². The SMILES string of the molecule is COc1ccc(CO[C@@H]2[C@@H](N=[N+]=[N-])[C@@H](O[C@@H]3[C@@H](OCc4ccccc4)[C@H](OCc4ccccc4)[C@@H](OCc4ccccc4)[C@H]4OC5(C[C@@H]6CC[C@@]5(C)C6(C)C)O[C@@H]34)O[C@@H]3CO[C@@H](c4ccccc4)O[C@@H]23)cc1. The molecule has 14 nitrogen and oxygen atoms in total. The van der Waals surface area contributed by atoms with Crippen molar-refractivity contribution in [1.82, 2.24) is 0 Å². The van der Waals surface area contributed by atoms with Gasteiger partial charge in [-0.1, -0.05) is 159 Å². The summed E-state index contributed by atoms with van der Waals surface area (Å²) in [5, 5.41) is 4.45. The van der Waals surface area contributed by atoms with Crippen LogP contribution in [0.4, 0.5) is 0 Å². The minimum absolute atomic E-state index is 0.0786. The lowest BCUT2D eigenvalue weighted by Crippen LogP contribution is -2.68. The van der Waals surface area contributed by atoms with E-state index in [1.165, 1.54) is 0 Å². The lowest BCUT2D eigenvalue weighted by Gasteiger charge is -2.51. The number of hydrogen-bond donors (Lipinski definition) is 0. The molecule has 5 aromatic rings. The number of nitrogens with zero attached hydrogens (tertiary/aromatic N) is 3. The van der Waals surface area contributed by atoms with Gasteiger partial charge in [-0.2, -0.15) is 0 Å². The molecule has 378 valence electrons. The smallest absolute Gasteiger partial charge is 0.184 e. The zero-order chi connectivity index (χ0) is 49.3. The van der Waals surface area contributed by atoms with Crippen molar-refractivity contribution in [2.75, 3.05) is 13.7 Å². The van der Waals surface area contributed by atoms with E-state index in [4.69, 9.17) is 52.1 Å². The second-order valence-corrected chi connectivity index (χ2v) is 20.8. The lowest BCUT2D eigenvalue weighted by molar-refractivity contribution is -0.364. The van der Waals surface area contributed by atoms with Gasteiger partial charge in [0.25, 0.3) is 0 Å². The summed E-state index contributed by atoms with van der Waals surface area (Å²) in [4.78, 5) is 3.41. The third kappa shape index (κ3) is 9.37. The Morgan fingerprint density at radius 3 is 1.64 bits per heavy atom. The molecule has 72 heavy (non-hydrogen) atoms. The van der Waals surface area contributed by atoms with Crippen molar-refractivity contribution in [3.05, 3.63) is 184 Å². The Kier molecular flexibility index (Phi) is 14.3. The normalized spacial score (nSPS) is 35.3. The van der Waals surface area contributed by atoms with E-state index in [2.05, 4.69) is 42.9 Å². The Morgan fingerprint density at radius 2 is 1.11 bits per heavy atom. The predicted octanol–water partition coefficient (Wildman–Crippen LogP) is 10.6. The van der Waals surface area contributed by atoms with E-state index in [-0.39, 0.29) is 37.3 Å². The summed E-state index contributed by atoms with van der Waals surface area (Å²) in [6.07, 6.45) is -6.02. The second-order valence-electron chi connectivity index (χ2n) is 20.8. The third-order valence-electron chi connectivity index (χ3n) is 16.7. The summed E-state index contributed by atoms with van der Waals surface area (Å²) in [7, 11) is 1.63. The van der Waals surface area contributed by atoms with E-state index in [0.29, 0.717) is 12.5 Å². The van der Waals surface area contributed by atoms with Gasteiger partial charge in [0.2, 0.25) is 0 Å². The molecule has 1 spiro atoms. The molecule has 15 atom stereocenters. The fourth-order valence-corrected chi connectivity index (χ4v) is 12.3. The minimum atomic E-state index is -1.19. The number of azide groups is 1. The zero-order valence-corrected chi connectivity index (χ0v) is 41.4. The number of methoxy groups -OCH3 is 1. The molecule has 5 aromatic carbocycles. The molecule has 2 bridgehead atoms. The van der Waals surface area contributed by atoms with E-state index >= 15 is 0 Å². The standard InChI is InChI=1S/C58H65N3O11/c1-56(2)42-29-30-57(56,3)58(31-42)71-52-50(66-34-39-21-13-7-14-22-39)48(64-32-37-17-9-5-10-18-37)49(65-33-38-19-11-6-12-20-38)51(53(52)72-58)70-55-45(60-61-59)47(63-35-40-25-27-43(62-4)28-26-40)46-44(68-55)36-67-54(69-46)41-23-15-8-16-24-41/h5-28,42,44-55H,29-36H2,1-4H3/t42-,44+,45+,46+,47+,48-,49-,50+,51+,52+,53-,54+,55+,57-,58?/m0/s1. The number of rotatable bonds is 17. The summed E-state index contributed by atoms with van der Waals surface area (Å²) in [5.74, 6) is 0.136. The molecule has 14 heteroatoms. The molecule has 3 heterocycles. The van der Waals surface area contributed by atoms with Gasteiger partial charge >= 0.3 is 0 Å². The third-order valence-corrected chi connectivity index (χ3v) is 16.7. The van der Waals surface area contributed by atoms with Crippen molar-refractivity contribution in [1.29, 1.82) is 0 Å². The van der Waals surface area contributed by atoms with Crippen LogP contribution in [0, 0.1) is 16.7 Å². The maximum absolute atomic E-state index is 10.4. The fourth-order valence-electron chi connectivity index (χ4n) is 12.3. The molecule has 0 radical (unpaired) electrons. The molecule has 1 unspecified atom stereocenters. The van der Waals surface area contributed by atoms with Crippen LogP contribution in [0.1, 0.15) is 74.1 Å². The van der Waals surface area contributed by atoms with E-state index in [1.807, 2.05) is 133 Å². The van der Waals surface area contributed by atoms with Gasteiger partial charge in [-0.25, -0.2) is 0 Å². The average molecular weight is 980 g/mol. The highest BCUT2D eigenvalue weighted by molar-refractivity contribution is 5.27. The van der Waals surface area contributed by atoms with Crippen molar-refractivity contribution in [2.24, 2.45) is 21.9 Å². The Hall–Kier alpha value is -5.19. The van der Waals surface area contributed by atoms with Gasteiger partial charge < -0.3 is 52.1 Å². The van der Waals surface area contributed by atoms with Crippen LogP contribution in [-0.2, 0) is 73.8 Å². The van der Waals surface area contributed by atoms with Gasteiger partial charge in [0.1, 0.15) is 66.7 Å².